The minimum Gasteiger partial charge on any atom is -0.348 e. The van der Waals surface area contributed by atoms with E-state index in [1.165, 1.54) is 0 Å². The molecule has 1 rings (SSSR count). The highest BCUT2D eigenvalue weighted by atomic mass is 16.6. The summed E-state index contributed by atoms with van der Waals surface area (Å²) in [4.78, 5) is 4.48. The van der Waals surface area contributed by atoms with Gasteiger partial charge in [0.25, 0.3) is 0 Å². The summed E-state index contributed by atoms with van der Waals surface area (Å²) >= 11 is 0. The number of hydrogen-bond acceptors (Lipinski definition) is 3. The molecule has 0 fully saturated rings. The van der Waals surface area contributed by atoms with Crippen molar-refractivity contribution in [2.24, 2.45) is 10.4 Å². The molecule has 3 nitrogen and oxygen atoms in total. The molecule has 0 atom stereocenters. The van der Waals surface area contributed by atoms with Crippen LogP contribution in [0, 0.1) is 0 Å². The Kier molecular flexibility index (Phi) is 1.06. The first kappa shape index (κ1) is 4.30. The van der Waals surface area contributed by atoms with Gasteiger partial charge >= 0.3 is 0 Å². The summed E-state index contributed by atoms with van der Waals surface area (Å²) in [6.07, 6.45) is 1.59. The molecule has 0 unspecified atom stereocenters. The summed E-state index contributed by atoms with van der Waals surface area (Å²) in [5.74, 6) is 0. The molecule has 1 aliphatic rings. The lowest BCUT2D eigenvalue weighted by atomic mass is 10.3. The maximum Gasteiger partial charge on any atom is 0.124 e. The van der Waals surface area contributed by atoms with E-state index in [9.17, 15) is 0 Å². The van der Waals surface area contributed by atoms with Crippen molar-refractivity contribution >= 4 is 0 Å². The summed E-state index contributed by atoms with van der Waals surface area (Å²) in [6, 6.07) is 0. The van der Waals surface area contributed by atoms with Gasteiger partial charge in [-0.2, -0.15) is 0 Å². The maximum absolute atomic E-state index is 4.48. The summed E-state index contributed by atoms with van der Waals surface area (Å²) in [6.45, 7) is 2.62. The SMILES string of the molecule is CC1=CON=NC1. The average molecular weight is 98.1 g/mol. The van der Waals surface area contributed by atoms with E-state index in [0.717, 1.165) is 5.57 Å². The quantitative estimate of drug-likeness (QED) is 0.449. The fraction of sp³-hybridized carbons (Fsp3) is 0.500. The Morgan fingerprint density at radius 1 is 1.86 bits per heavy atom. The lowest BCUT2D eigenvalue weighted by Crippen LogP contribution is -1.87. The lowest BCUT2D eigenvalue weighted by Gasteiger charge is -1.96. The zero-order valence-corrected chi connectivity index (χ0v) is 4.09. The second-order valence-electron chi connectivity index (χ2n) is 1.45. The fourth-order valence-electron chi connectivity index (χ4n) is 0.325. The zero-order chi connectivity index (χ0) is 5.11. The van der Waals surface area contributed by atoms with Gasteiger partial charge in [-0.05, 0) is 12.5 Å². The Morgan fingerprint density at radius 3 is 3.00 bits per heavy atom. The van der Waals surface area contributed by atoms with E-state index in [0.29, 0.717) is 6.54 Å². The van der Waals surface area contributed by atoms with E-state index in [-0.39, 0.29) is 0 Å². The molecule has 38 valence electrons. The standard InChI is InChI=1S/C4H6N2O/c1-4-2-5-6-7-3-4/h3H,2H2,1H3. The Balaban J connectivity index is 2.50. The van der Waals surface area contributed by atoms with Gasteiger partial charge < -0.3 is 4.84 Å². The molecule has 1 aliphatic heterocycles. The molecule has 0 aromatic heterocycles. The van der Waals surface area contributed by atoms with Crippen molar-refractivity contribution in [2.75, 3.05) is 6.54 Å². The Bertz CT molecular complexity index is 117. The third kappa shape index (κ3) is 0.994. The van der Waals surface area contributed by atoms with Crippen molar-refractivity contribution in [3.63, 3.8) is 0 Å². The van der Waals surface area contributed by atoms with E-state index in [2.05, 4.69) is 15.2 Å². The minimum absolute atomic E-state index is 0.681. The number of nitrogens with zero attached hydrogens (tertiary/aromatic N) is 2. The average Bonchev–Trinajstić information content (AvgIpc) is 1.69. The summed E-state index contributed by atoms with van der Waals surface area (Å²) in [7, 11) is 0. The lowest BCUT2D eigenvalue weighted by molar-refractivity contribution is 0.224. The van der Waals surface area contributed by atoms with Crippen LogP contribution in [0.15, 0.2) is 22.2 Å². The van der Waals surface area contributed by atoms with Gasteiger partial charge in [0.1, 0.15) is 6.26 Å². The number of hydrogen-bond donors (Lipinski definition) is 0. The fourth-order valence-corrected chi connectivity index (χ4v) is 0.325. The van der Waals surface area contributed by atoms with Crippen LogP contribution in [-0.2, 0) is 4.84 Å². The van der Waals surface area contributed by atoms with Gasteiger partial charge in [0, 0.05) is 5.28 Å². The van der Waals surface area contributed by atoms with Crippen LogP contribution in [0.2, 0.25) is 0 Å². The van der Waals surface area contributed by atoms with E-state index in [1.807, 2.05) is 6.92 Å². The topological polar surface area (TPSA) is 34.0 Å². The molecular formula is C4H6N2O. The van der Waals surface area contributed by atoms with E-state index in [1.54, 1.807) is 6.26 Å². The monoisotopic (exact) mass is 98.0 g/mol. The van der Waals surface area contributed by atoms with Crippen molar-refractivity contribution in [2.45, 2.75) is 6.92 Å². The van der Waals surface area contributed by atoms with Gasteiger partial charge in [-0.1, -0.05) is 0 Å². The first-order chi connectivity index (χ1) is 3.39. The van der Waals surface area contributed by atoms with Crippen molar-refractivity contribution in [3.05, 3.63) is 11.8 Å². The molecule has 3 heteroatoms. The molecule has 0 saturated heterocycles. The van der Waals surface area contributed by atoms with E-state index >= 15 is 0 Å². The van der Waals surface area contributed by atoms with Gasteiger partial charge in [0.15, 0.2) is 0 Å². The predicted molar refractivity (Wildman–Crippen MR) is 24.6 cm³/mol. The molecule has 7 heavy (non-hydrogen) atoms. The highest BCUT2D eigenvalue weighted by molar-refractivity contribution is 4.95. The number of rotatable bonds is 0. The van der Waals surface area contributed by atoms with Crippen LogP contribution in [0.5, 0.6) is 0 Å². The largest absolute Gasteiger partial charge is 0.348 e. The molecule has 0 bridgehead atoms. The van der Waals surface area contributed by atoms with Crippen LogP contribution < -0.4 is 0 Å². The van der Waals surface area contributed by atoms with Crippen molar-refractivity contribution in [1.29, 1.82) is 0 Å². The molecule has 1 heterocycles. The first-order valence-corrected chi connectivity index (χ1v) is 2.08. The Morgan fingerprint density at radius 2 is 2.71 bits per heavy atom. The van der Waals surface area contributed by atoms with Gasteiger partial charge in [-0.25, -0.2) is 0 Å². The molecule has 0 radical (unpaired) electrons. The van der Waals surface area contributed by atoms with Crippen LogP contribution >= 0.6 is 0 Å². The zero-order valence-electron chi connectivity index (χ0n) is 4.09. The van der Waals surface area contributed by atoms with Gasteiger partial charge in [-0.15, -0.1) is 5.11 Å². The van der Waals surface area contributed by atoms with Crippen LogP contribution in [0.25, 0.3) is 0 Å². The summed E-state index contributed by atoms with van der Waals surface area (Å²) in [5, 5.41) is 6.87. The molecule has 0 aromatic carbocycles. The molecule has 0 amide bonds. The van der Waals surface area contributed by atoms with Gasteiger partial charge in [0.05, 0.1) is 6.54 Å². The molecular weight excluding hydrogens is 92.1 g/mol. The van der Waals surface area contributed by atoms with Gasteiger partial charge in [-0.3, -0.25) is 0 Å². The molecule has 0 N–H and O–H groups in total. The first-order valence-electron chi connectivity index (χ1n) is 2.08. The molecule has 0 spiro atoms. The van der Waals surface area contributed by atoms with Crippen LogP contribution in [0.3, 0.4) is 0 Å². The summed E-state index contributed by atoms with van der Waals surface area (Å²) < 4.78 is 0. The highest BCUT2D eigenvalue weighted by Gasteiger charge is 1.90. The second kappa shape index (κ2) is 1.73. The van der Waals surface area contributed by atoms with Gasteiger partial charge in [0.2, 0.25) is 0 Å². The third-order valence-electron chi connectivity index (χ3n) is 0.679. The molecule has 0 aromatic rings. The maximum atomic E-state index is 4.48. The van der Waals surface area contributed by atoms with Crippen molar-refractivity contribution in [1.82, 2.24) is 0 Å². The van der Waals surface area contributed by atoms with Crippen LogP contribution in [0.4, 0.5) is 0 Å². The predicted octanol–water partition coefficient (Wildman–Crippen LogP) is 1.29. The minimum atomic E-state index is 0.681. The Hall–Kier alpha value is -0.860. The second-order valence-corrected chi connectivity index (χ2v) is 1.45. The van der Waals surface area contributed by atoms with Crippen LogP contribution in [-0.4, -0.2) is 6.54 Å². The van der Waals surface area contributed by atoms with Crippen LogP contribution in [0.1, 0.15) is 6.92 Å². The highest BCUT2D eigenvalue weighted by Crippen LogP contribution is 1.99. The molecule has 0 saturated carbocycles. The van der Waals surface area contributed by atoms with E-state index in [4.69, 9.17) is 0 Å². The molecule has 0 aliphatic carbocycles. The Labute approximate surface area is 41.7 Å². The smallest absolute Gasteiger partial charge is 0.124 e. The normalized spacial score (nSPS) is 18.1. The van der Waals surface area contributed by atoms with Crippen molar-refractivity contribution in [3.8, 4) is 0 Å². The summed E-state index contributed by atoms with van der Waals surface area (Å²) in [5.41, 5.74) is 1.11. The third-order valence-corrected chi connectivity index (χ3v) is 0.679. The van der Waals surface area contributed by atoms with Crippen molar-refractivity contribution < 1.29 is 4.84 Å². The van der Waals surface area contributed by atoms with E-state index < -0.39 is 0 Å².